The quantitative estimate of drug-likeness (QED) is 0.0593. The monoisotopic (exact) mass is 847 g/mol. The van der Waals surface area contributed by atoms with E-state index >= 15 is 0 Å². The predicted molar refractivity (Wildman–Crippen MR) is 240 cm³/mol. The zero-order valence-electron chi connectivity index (χ0n) is 36.3. The van der Waals surface area contributed by atoms with Crippen LogP contribution in [0.15, 0.2) is 97.2 Å². The SMILES string of the molecule is CCOc1ccc2c(c1)CC(NCCCCO)C(=O)N2c1ccc2c(c1)[C@@H](OC)[C@H](C)[C@@H](C(CCn1cc(C(CO)c3ccccc3)nn1)[Si](C)(C)c1ccc(OC)cc1)O2. The van der Waals surface area contributed by atoms with Crippen molar-refractivity contribution in [3.63, 3.8) is 0 Å². The first-order valence-corrected chi connectivity index (χ1v) is 24.7. The molecule has 0 saturated carbocycles. The number of fused-ring (bicyclic) bond motifs is 2. The van der Waals surface area contributed by atoms with Gasteiger partial charge in [-0.2, -0.15) is 0 Å². The van der Waals surface area contributed by atoms with Gasteiger partial charge in [-0.3, -0.25) is 14.4 Å². The van der Waals surface area contributed by atoms with Crippen molar-refractivity contribution in [3.05, 3.63) is 120 Å². The summed E-state index contributed by atoms with van der Waals surface area (Å²) in [5, 5.41) is 33.5. The molecule has 0 aliphatic carbocycles. The molecule has 4 aromatic carbocycles. The van der Waals surface area contributed by atoms with Gasteiger partial charge in [-0.25, -0.2) is 0 Å². The number of hydrogen-bond acceptors (Lipinski definition) is 10. The molecule has 1 aromatic heterocycles. The van der Waals surface area contributed by atoms with Crippen LogP contribution in [0.3, 0.4) is 0 Å². The highest BCUT2D eigenvalue weighted by Gasteiger charge is 2.47. The Morgan fingerprint density at radius 1 is 0.967 bits per heavy atom. The summed E-state index contributed by atoms with van der Waals surface area (Å²) in [6.45, 7) is 10.8. The smallest absolute Gasteiger partial charge is 0.249 e. The number of amides is 1. The van der Waals surface area contributed by atoms with E-state index in [0.29, 0.717) is 32.5 Å². The van der Waals surface area contributed by atoms with Crippen LogP contribution < -0.4 is 29.6 Å². The van der Waals surface area contributed by atoms with Gasteiger partial charge in [0.15, 0.2) is 0 Å². The molecule has 0 saturated heterocycles. The van der Waals surface area contributed by atoms with Crippen LogP contribution in [0.2, 0.25) is 18.6 Å². The standard InChI is InChI=1S/C48H61N5O7Si/c1-7-59-37-18-21-43-34(27-37)28-41(49-24-11-12-26-54)48(56)53(43)35-15-22-44-39(29-35)46(58-4)32(2)47(60-44)45(61(5,6)38-19-16-36(57-3)17-20-38)23-25-52-30-42(50-51-52)40(31-55)33-13-9-8-10-14-33/h8-10,13-22,27,29-30,32,40-41,45-47,49,54-55H,7,11-12,23-26,28,31H2,1-6H3/t32-,40?,41?,45?,46-,47-/m0/s1. The molecular weight excluding hydrogens is 787 g/mol. The minimum Gasteiger partial charge on any atom is -0.497 e. The maximum Gasteiger partial charge on any atom is 0.249 e. The maximum absolute atomic E-state index is 14.4. The lowest BCUT2D eigenvalue weighted by atomic mass is 9.86. The number of methoxy groups -OCH3 is 2. The highest BCUT2D eigenvalue weighted by molar-refractivity contribution is 6.91. The first-order valence-electron chi connectivity index (χ1n) is 21.6. The number of carbonyl (C=O) groups is 1. The highest BCUT2D eigenvalue weighted by atomic mass is 28.3. The number of nitrogens with one attached hydrogen (secondary N) is 1. The Bertz CT molecular complexity index is 2220. The van der Waals surface area contributed by atoms with Crippen LogP contribution in [0.5, 0.6) is 17.2 Å². The summed E-state index contributed by atoms with van der Waals surface area (Å²) in [6.07, 6.45) is 4.21. The third-order valence-corrected chi connectivity index (χ3v) is 17.0. The van der Waals surface area contributed by atoms with Gasteiger partial charge in [-0.1, -0.05) is 72.9 Å². The van der Waals surface area contributed by atoms with Gasteiger partial charge in [0.05, 0.1) is 57.8 Å². The lowest BCUT2D eigenvalue weighted by molar-refractivity contribution is -0.120. The van der Waals surface area contributed by atoms with Crippen molar-refractivity contribution in [2.45, 2.75) is 88.9 Å². The van der Waals surface area contributed by atoms with Crippen LogP contribution in [0.4, 0.5) is 11.4 Å². The van der Waals surface area contributed by atoms with Gasteiger partial charge in [-0.15, -0.1) is 5.10 Å². The van der Waals surface area contributed by atoms with Crippen molar-refractivity contribution in [2.24, 2.45) is 5.92 Å². The number of aryl methyl sites for hydroxylation is 1. The largest absolute Gasteiger partial charge is 0.497 e. The Kier molecular flexibility index (Phi) is 14.3. The van der Waals surface area contributed by atoms with E-state index in [-0.39, 0.29) is 48.7 Å². The van der Waals surface area contributed by atoms with Crippen LogP contribution >= 0.6 is 0 Å². The molecule has 3 heterocycles. The Morgan fingerprint density at radius 2 is 1.74 bits per heavy atom. The van der Waals surface area contributed by atoms with Crippen molar-refractivity contribution in [1.82, 2.24) is 20.3 Å². The van der Waals surface area contributed by atoms with Crippen molar-refractivity contribution >= 4 is 30.5 Å². The lowest BCUT2D eigenvalue weighted by Crippen LogP contribution is -2.54. The van der Waals surface area contributed by atoms with Crippen molar-refractivity contribution in [1.29, 1.82) is 0 Å². The lowest BCUT2D eigenvalue weighted by Gasteiger charge is -2.46. The number of hydrogen-bond donors (Lipinski definition) is 3. The Labute approximate surface area is 360 Å². The number of unbranched alkanes of at least 4 members (excludes halogenated alkanes) is 1. The molecule has 0 fully saturated rings. The molecule has 13 heteroatoms. The first-order chi connectivity index (χ1) is 29.6. The topological polar surface area (TPSA) is 140 Å². The molecule has 1 amide bonds. The molecule has 3 unspecified atom stereocenters. The molecule has 0 bridgehead atoms. The number of aromatic nitrogens is 3. The zero-order valence-corrected chi connectivity index (χ0v) is 37.3. The van der Waals surface area contributed by atoms with E-state index in [1.807, 2.05) is 95.5 Å². The summed E-state index contributed by atoms with van der Waals surface area (Å²) >= 11 is 0. The summed E-state index contributed by atoms with van der Waals surface area (Å²) in [5.74, 6) is 1.99. The fraction of sp³-hybridized carbons (Fsp3) is 0.438. The molecule has 61 heavy (non-hydrogen) atoms. The number of carbonyl (C=O) groups excluding carboxylic acids is 1. The summed E-state index contributed by atoms with van der Waals surface area (Å²) in [6, 6.07) is 29.9. The molecular formula is C48H61N5O7Si. The molecule has 7 rings (SSSR count). The fourth-order valence-electron chi connectivity index (χ4n) is 9.30. The Balaban J connectivity index is 1.21. The van der Waals surface area contributed by atoms with Gasteiger partial charge in [0.25, 0.3) is 0 Å². The van der Waals surface area contributed by atoms with Crippen LogP contribution in [0, 0.1) is 5.92 Å². The van der Waals surface area contributed by atoms with E-state index in [4.69, 9.17) is 18.9 Å². The van der Waals surface area contributed by atoms with Crippen molar-refractivity contribution in [3.8, 4) is 17.2 Å². The van der Waals surface area contributed by atoms with E-state index in [1.54, 1.807) is 14.2 Å². The number of aliphatic hydroxyl groups excluding tert-OH is 2. The number of nitrogens with zero attached hydrogens (tertiary/aromatic N) is 4. The minimum atomic E-state index is -2.31. The van der Waals surface area contributed by atoms with Gasteiger partial charge < -0.3 is 34.5 Å². The average Bonchev–Trinajstić information content (AvgIpc) is 3.74. The molecule has 324 valence electrons. The molecule has 0 radical (unpaired) electrons. The van der Waals surface area contributed by atoms with Crippen molar-refractivity contribution < 1.29 is 34.0 Å². The summed E-state index contributed by atoms with van der Waals surface area (Å²) in [7, 11) is 1.13. The first kappa shape index (κ1) is 44.0. The van der Waals surface area contributed by atoms with Gasteiger partial charge in [0.1, 0.15) is 23.4 Å². The Morgan fingerprint density at radius 3 is 2.44 bits per heavy atom. The van der Waals surface area contributed by atoms with E-state index in [1.165, 1.54) is 5.19 Å². The van der Waals surface area contributed by atoms with Crippen LogP contribution in [-0.4, -0.2) is 91.9 Å². The van der Waals surface area contributed by atoms with Crippen LogP contribution in [-0.2, 0) is 22.5 Å². The van der Waals surface area contributed by atoms with E-state index in [2.05, 4.69) is 53.8 Å². The second-order valence-corrected chi connectivity index (χ2v) is 21.5. The van der Waals surface area contributed by atoms with Crippen molar-refractivity contribution in [2.75, 3.05) is 45.5 Å². The third kappa shape index (κ3) is 9.41. The van der Waals surface area contributed by atoms with Crippen LogP contribution in [0.1, 0.15) is 67.5 Å². The second-order valence-electron chi connectivity index (χ2n) is 16.8. The molecule has 3 N–H and O–H groups in total. The van der Waals surface area contributed by atoms with Crippen LogP contribution in [0.25, 0.3) is 0 Å². The summed E-state index contributed by atoms with van der Waals surface area (Å²) < 4.78 is 26.9. The molecule has 12 nitrogen and oxygen atoms in total. The van der Waals surface area contributed by atoms with Gasteiger partial charge in [-0.05, 0) is 104 Å². The number of aliphatic hydroxyl groups is 2. The second kappa shape index (κ2) is 19.8. The maximum atomic E-state index is 14.4. The zero-order chi connectivity index (χ0) is 43.1. The predicted octanol–water partition coefficient (Wildman–Crippen LogP) is 6.92. The minimum absolute atomic E-state index is 0.0325. The number of benzene rings is 4. The van der Waals surface area contributed by atoms with Gasteiger partial charge >= 0.3 is 0 Å². The summed E-state index contributed by atoms with van der Waals surface area (Å²) in [5.41, 5.74) is 5.35. The van der Waals surface area contributed by atoms with E-state index < -0.39 is 14.1 Å². The Hall–Kier alpha value is -5.05. The van der Waals surface area contributed by atoms with Gasteiger partial charge in [0.2, 0.25) is 5.91 Å². The third-order valence-electron chi connectivity index (χ3n) is 12.7. The van der Waals surface area contributed by atoms with Gasteiger partial charge in [0, 0.05) is 43.6 Å². The fourth-order valence-corrected chi connectivity index (χ4v) is 12.8. The number of anilines is 2. The normalized spacial score (nSPS) is 19.7. The molecule has 2 aliphatic rings. The van der Waals surface area contributed by atoms with E-state index in [0.717, 1.165) is 63.8 Å². The number of ether oxygens (including phenoxy) is 4. The highest BCUT2D eigenvalue weighted by Crippen LogP contribution is 2.49. The van der Waals surface area contributed by atoms with E-state index in [9.17, 15) is 15.0 Å². The molecule has 2 aliphatic heterocycles. The average molecular weight is 848 g/mol. The summed E-state index contributed by atoms with van der Waals surface area (Å²) in [4.78, 5) is 16.2. The molecule has 5 aromatic rings. The molecule has 0 spiro atoms. The molecule has 6 atom stereocenters. The number of rotatable bonds is 19.